The minimum atomic E-state index is -0.177. The zero-order valence-corrected chi connectivity index (χ0v) is 15.6. The van der Waals surface area contributed by atoms with Gasteiger partial charge in [0.25, 0.3) is 0 Å². The number of fused-ring (bicyclic) bond motifs is 1. The van der Waals surface area contributed by atoms with Crippen LogP contribution < -0.4 is 10.6 Å². The predicted octanol–water partition coefficient (Wildman–Crippen LogP) is 4.33. The molecule has 0 saturated carbocycles. The molecule has 0 aliphatic heterocycles. The van der Waals surface area contributed by atoms with E-state index in [-0.39, 0.29) is 6.03 Å². The molecule has 0 aliphatic rings. The largest absolute Gasteiger partial charge is 0.361 e. The molecule has 0 bridgehead atoms. The second-order valence-electron chi connectivity index (χ2n) is 6.23. The van der Waals surface area contributed by atoms with Crippen LogP contribution >= 0.6 is 11.3 Å². The molecule has 0 spiro atoms. The number of H-pyrrole nitrogens is 1. The van der Waals surface area contributed by atoms with Gasteiger partial charge < -0.3 is 15.6 Å². The molecule has 136 valence electrons. The predicted molar refractivity (Wildman–Crippen MR) is 110 cm³/mol. The third kappa shape index (κ3) is 4.17. The maximum Gasteiger partial charge on any atom is 0.315 e. The molecule has 0 radical (unpaired) electrons. The number of aromatic amines is 1. The number of benzene rings is 2. The highest BCUT2D eigenvalue weighted by Gasteiger charge is 2.07. The van der Waals surface area contributed by atoms with Crippen molar-refractivity contribution >= 4 is 28.3 Å². The van der Waals surface area contributed by atoms with E-state index in [1.807, 2.05) is 54.0 Å². The van der Waals surface area contributed by atoms with Gasteiger partial charge in [-0.1, -0.05) is 48.5 Å². The summed E-state index contributed by atoms with van der Waals surface area (Å²) in [6, 6.07) is 18.0. The monoisotopic (exact) mass is 376 g/mol. The maximum absolute atomic E-state index is 12.0. The Labute approximate surface area is 161 Å². The van der Waals surface area contributed by atoms with Gasteiger partial charge in [0.1, 0.15) is 5.01 Å². The van der Waals surface area contributed by atoms with Crippen molar-refractivity contribution < 1.29 is 4.79 Å². The molecule has 0 fully saturated rings. The highest BCUT2D eigenvalue weighted by molar-refractivity contribution is 7.13. The summed E-state index contributed by atoms with van der Waals surface area (Å²) >= 11 is 1.59. The first-order valence-electron chi connectivity index (χ1n) is 8.86. The number of urea groups is 1. The van der Waals surface area contributed by atoms with Crippen LogP contribution in [0, 0.1) is 0 Å². The first-order chi connectivity index (χ1) is 13.3. The van der Waals surface area contributed by atoms with Gasteiger partial charge in [0.15, 0.2) is 0 Å². The van der Waals surface area contributed by atoms with E-state index >= 15 is 0 Å². The number of aromatic nitrogens is 2. The van der Waals surface area contributed by atoms with E-state index in [1.54, 1.807) is 11.3 Å². The smallest absolute Gasteiger partial charge is 0.315 e. The first kappa shape index (κ1) is 17.3. The zero-order valence-electron chi connectivity index (χ0n) is 14.7. The summed E-state index contributed by atoms with van der Waals surface area (Å²) in [5.74, 6) is 0. The Balaban J connectivity index is 1.25. The number of para-hydroxylation sites is 1. The normalized spacial score (nSPS) is 10.8. The highest BCUT2D eigenvalue weighted by atomic mass is 32.1. The van der Waals surface area contributed by atoms with Crippen LogP contribution in [-0.4, -0.2) is 22.5 Å². The summed E-state index contributed by atoms with van der Waals surface area (Å²) in [5, 5.41) is 9.92. The number of hydrogen-bond acceptors (Lipinski definition) is 3. The van der Waals surface area contributed by atoms with E-state index in [9.17, 15) is 4.79 Å². The highest BCUT2D eigenvalue weighted by Crippen LogP contribution is 2.23. The molecule has 6 heteroatoms. The standard InChI is InChI=1S/C21H20N4OS/c26-21(22-11-10-16-12-23-19-9-5-4-8-18(16)19)24-13-17-14-27-20(25-17)15-6-2-1-3-7-15/h1-9,12,14,23H,10-11,13H2,(H2,22,24,26). The Morgan fingerprint density at radius 3 is 2.74 bits per heavy atom. The van der Waals surface area contributed by atoms with Gasteiger partial charge in [-0.15, -0.1) is 11.3 Å². The molecule has 2 aromatic carbocycles. The van der Waals surface area contributed by atoms with Crippen LogP contribution in [0.25, 0.3) is 21.5 Å². The number of nitrogens with zero attached hydrogens (tertiary/aromatic N) is 1. The lowest BCUT2D eigenvalue weighted by molar-refractivity contribution is 0.240. The number of nitrogens with one attached hydrogen (secondary N) is 3. The Bertz CT molecular complexity index is 1040. The van der Waals surface area contributed by atoms with E-state index in [0.717, 1.165) is 28.2 Å². The van der Waals surface area contributed by atoms with E-state index in [1.165, 1.54) is 10.9 Å². The molecular weight excluding hydrogens is 356 g/mol. The third-order valence-corrected chi connectivity index (χ3v) is 5.30. The van der Waals surface area contributed by atoms with Crippen molar-refractivity contribution in [2.75, 3.05) is 6.54 Å². The van der Waals surface area contributed by atoms with E-state index < -0.39 is 0 Å². The van der Waals surface area contributed by atoms with Crippen LogP contribution in [0.4, 0.5) is 4.79 Å². The van der Waals surface area contributed by atoms with Crippen molar-refractivity contribution in [2.45, 2.75) is 13.0 Å². The minimum Gasteiger partial charge on any atom is -0.361 e. The lowest BCUT2D eigenvalue weighted by atomic mass is 10.1. The number of carbonyl (C=O) groups excluding carboxylic acids is 1. The number of hydrogen-bond donors (Lipinski definition) is 3. The van der Waals surface area contributed by atoms with Crippen molar-refractivity contribution in [1.29, 1.82) is 0 Å². The second kappa shape index (κ2) is 8.05. The molecule has 4 rings (SSSR count). The Morgan fingerprint density at radius 1 is 1.04 bits per heavy atom. The van der Waals surface area contributed by atoms with Crippen molar-refractivity contribution in [3.05, 3.63) is 77.4 Å². The summed E-state index contributed by atoms with van der Waals surface area (Å²) in [5.41, 5.74) is 4.29. The van der Waals surface area contributed by atoms with Crippen LogP contribution in [0.5, 0.6) is 0 Å². The molecule has 2 amide bonds. The Hall–Kier alpha value is -3.12. The van der Waals surface area contributed by atoms with Gasteiger partial charge in [0.2, 0.25) is 0 Å². The molecule has 2 heterocycles. The minimum absolute atomic E-state index is 0.177. The molecule has 27 heavy (non-hydrogen) atoms. The fourth-order valence-corrected chi connectivity index (χ4v) is 3.81. The van der Waals surface area contributed by atoms with Gasteiger partial charge in [-0.2, -0.15) is 0 Å². The van der Waals surface area contributed by atoms with Crippen molar-refractivity contribution in [1.82, 2.24) is 20.6 Å². The van der Waals surface area contributed by atoms with Gasteiger partial charge in [0, 0.05) is 34.6 Å². The Morgan fingerprint density at radius 2 is 1.85 bits per heavy atom. The van der Waals surface area contributed by atoms with Gasteiger partial charge in [0.05, 0.1) is 12.2 Å². The van der Waals surface area contributed by atoms with Gasteiger partial charge >= 0.3 is 6.03 Å². The maximum atomic E-state index is 12.0. The molecule has 2 aromatic heterocycles. The molecule has 0 atom stereocenters. The lowest BCUT2D eigenvalue weighted by Gasteiger charge is -2.06. The molecular formula is C21H20N4OS. The van der Waals surface area contributed by atoms with Crippen LogP contribution in [0.15, 0.2) is 66.2 Å². The number of amides is 2. The van der Waals surface area contributed by atoms with Crippen molar-refractivity contribution in [2.24, 2.45) is 0 Å². The van der Waals surface area contributed by atoms with E-state index in [0.29, 0.717) is 13.1 Å². The van der Waals surface area contributed by atoms with Gasteiger partial charge in [-0.05, 0) is 18.1 Å². The quantitative estimate of drug-likeness (QED) is 0.469. The summed E-state index contributed by atoms with van der Waals surface area (Å²) in [6.07, 6.45) is 2.79. The van der Waals surface area contributed by atoms with Gasteiger partial charge in [-0.3, -0.25) is 0 Å². The van der Waals surface area contributed by atoms with E-state index in [4.69, 9.17) is 0 Å². The molecule has 0 saturated heterocycles. The summed E-state index contributed by atoms with van der Waals surface area (Å²) in [6.45, 7) is 1.00. The molecule has 5 nitrogen and oxygen atoms in total. The lowest BCUT2D eigenvalue weighted by Crippen LogP contribution is -2.36. The zero-order chi connectivity index (χ0) is 18.5. The fourth-order valence-electron chi connectivity index (χ4n) is 2.98. The third-order valence-electron chi connectivity index (χ3n) is 4.36. The average molecular weight is 376 g/mol. The topological polar surface area (TPSA) is 69.8 Å². The molecule has 3 N–H and O–H groups in total. The second-order valence-corrected chi connectivity index (χ2v) is 7.09. The summed E-state index contributed by atoms with van der Waals surface area (Å²) in [7, 11) is 0. The van der Waals surface area contributed by atoms with Crippen molar-refractivity contribution in [3.8, 4) is 10.6 Å². The van der Waals surface area contributed by atoms with Crippen LogP contribution in [-0.2, 0) is 13.0 Å². The molecule has 0 unspecified atom stereocenters. The van der Waals surface area contributed by atoms with Gasteiger partial charge in [-0.25, -0.2) is 9.78 Å². The number of carbonyl (C=O) groups is 1. The van der Waals surface area contributed by atoms with Crippen LogP contribution in [0.2, 0.25) is 0 Å². The van der Waals surface area contributed by atoms with E-state index in [2.05, 4.69) is 32.7 Å². The van der Waals surface area contributed by atoms with Crippen molar-refractivity contribution in [3.63, 3.8) is 0 Å². The number of thiazole rings is 1. The molecule has 4 aromatic rings. The number of rotatable bonds is 6. The molecule has 0 aliphatic carbocycles. The fraction of sp³-hybridized carbons (Fsp3) is 0.143. The summed E-state index contributed by atoms with van der Waals surface area (Å²) in [4.78, 5) is 19.9. The first-order valence-corrected chi connectivity index (χ1v) is 9.74. The summed E-state index contributed by atoms with van der Waals surface area (Å²) < 4.78 is 0. The van der Waals surface area contributed by atoms with Crippen LogP contribution in [0.1, 0.15) is 11.3 Å². The average Bonchev–Trinajstić information content (AvgIpc) is 3.35. The van der Waals surface area contributed by atoms with Crippen LogP contribution in [0.3, 0.4) is 0 Å². The Kier molecular flexibility index (Phi) is 5.16. The SMILES string of the molecule is O=C(NCCc1c[nH]c2ccccc12)NCc1csc(-c2ccccc2)n1.